The highest BCUT2D eigenvalue weighted by molar-refractivity contribution is 5.79. The minimum atomic E-state index is -1.12. The molecule has 5 heteroatoms. The standard InChI is InChI=1S/C22H30NO4/c24-19(7-6-14-4-2-1-3-5-14)13-20(21(25)23-27)22(26)17-9-15-8-16(11-17)12-18(22)10-15/h1-5,7,15-20,24,26-27H,6,8-13H2,(H,23,25)/t15?,16?,17?,18?,19-,20+,22?/m0/s1. The van der Waals surface area contributed by atoms with Gasteiger partial charge in [0.1, 0.15) is 0 Å². The van der Waals surface area contributed by atoms with E-state index in [0.717, 1.165) is 31.2 Å². The van der Waals surface area contributed by atoms with Crippen LogP contribution in [0.3, 0.4) is 0 Å². The van der Waals surface area contributed by atoms with E-state index in [1.165, 1.54) is 6.42 Å². The molecule has 0 unspecified atom stereocenters. The Morgan fingerprint density at radius 3 is 2.26 bits per heavy atom. The minimum absolute atomic E-state index is 0.0948. The van der Waals surface area contributed by atoms with Crippen molar-refractivity contribution in [2.45, 2.75) is 56.7 Å². The summed E-state index contributed by atoms with van der Waals surface area (Å²) in [6.07, 6.45) is 6.81. The van der Waals surface area contributed by atoms with Gasteiger partial charge in [-0.2, -0.15) is 0 Å². The van der Waals surface area contributed by atoms with Crippen molar-refractivity contribution in [3.05, 3.63) is 42.3 Å². The zero-order valence-corrected chi connectivity index (χ0v) is 15.6. The second kappa shape index (κ2) is 7.53. The van der Waals surface area contributed by atoms with Gasteiger partial charge in [-0.05, 0) is 80.6 Å². The fourth-order valence-corrected chi connectivity index (χ4v) is 6.32. The Morgan fingerprint density at radius 1 is 1.11 bits per heavy atom. The SMILES string of the molecule is O=C(NO)[C@@H](C[C@@H](O)[CH]Cc1ccccc1)C1(O)C2CC3CC(C2)CC1C3. The zero-order chi connectivity index (χ0) is 19.0. The van der Waals surface area contributed by atoms with Crippen LogP contribution in [0, 0.1) is 36.0 Å². The maximum atomic E-state index is 12.5. The van der Waals surface area contributed by atoms with Crippen LogP contribution in [0.1, 0.15) is 44.1 Å². The van der Waals surface area contributed by atoms with Gasteiger partial charge in [-0.3, -0.25) is 10.0 Å². The minimum Gasteiger partial charge on any atom is -0.393 e. The van der Waals surface area contributed by atoms with Crippen molar-refractivity contribution in [3.63, 3.8) is 0 Å². The number of benzene rings is 1. The highest BCUT2D eigenvalue weighted by Gasteiger charge is 2.61. The second-order valence-corrected chi connectivity index (χ2v) is 8.95. The predicted octanol–water partition coefficient (Wildman–Crippen LogP) is 2.49. The maximum absolute atomic E-state index is 12.5. The van der Waals surface area contributed by atoms with Gasteiger partial charge in [-0.25, -0.2) is 5.48 Å². The van der Waals surface area contributed by atoms with Gasteiger partial charge in [0.15, 0.2) is 0 Å². The summed E-state index contributed by atoms with van der Waals surface area (Å²) >= 11 is 0. The Morgan fingerprint density at radius 2 is 1.70 bits per heavy atom. The number of nitrogens with one attached hydrogen (secondary N) is 1. The van der Waals surface area contributed by atoms with Crippen LogP contribution in [0.15, 0.2) is 30.3 Å². The molecular weight excluding hydrogens is 342 g/mol. The molecule has 0 saturated heterocycles. The van der Waals surface area contributed by atoms with E-state index in [2.05, 4.69) is 0 Å². The Kier molecular flexibility index (Phi) is 5.28. The molecular formula is C22H30NO4. The van der Waals surface area contributed by atoms with Crippen LogP contribution in [-0.4, -0.2) is 33.0 Å². The van der Waals surface area contributed by atoms with Crippen molar-refractivity contribution in [1.29, 1.82) is 0 Å². The number of hydrogen-bond donors (Lipinski definition) is 4. The molecule has 1 amide bonds. The molecule has 1 aromatic rings. The van der Waals surface area contributed by atoms with Gasteiger partial charge >= 0.3 is 0 Å². The van der Waals surface area contributed by atoms with Crippen molar-refractivity contribution in [3.8, 4) is 0 Å². The van der Waals surface area contributed by atoms with Gasteiger partial charge in [-0.1, -0.05) is 30.3 Å². The Hall–Kier alpha value is -1.43. The van der Waals surface area contributed by atoms with Crippen LogP contribution in [0.2, 0.25) is 0 Å². The fraction of sp³-hybridized carbons (Fsp3) is 0.636. The molecule has 5 rings (SSSR count). The van der Waals surface area contributed by atoms with Crippen LogP contribution in [0.25, 0.3) is 0 Å². The number of carbonyl (C=O) groups excluding carboxylic acids is 1. The molecule has 0 heterocycles. The first-order valence-corrected chi connectivity index (χ1v) is 10.2. The van der Waals surface area contributed by atoms with Gasteiger partial charge in [0, 0.05) is 0 Å². The number of aliphatic hydroxyl groups excluding tert-OH is 1. The Bertz CT molecular complexity index is 634. The normalized spacial score (nSPS) is 36.4. The van der Waals surface area contributed by atoms with E-state index in [1.807, 2.05) is 30.3 Å². The Labute approximate surface area is 160 Å². The van der Waals surface area contributed by atoms with Gasteiger partial charge < -0.3 is 10.2 Å². The molecule has 1 radical (unpaired) electrons. The van der Waals surface area contributed by atoms with E-state index in [1.54, 1.807) is 11.9 Å². The van der Waals surface area contributed by atoms with E-state index in [9.17, 15) is 20.2 Å². The molecule has 4 aliphatic rings. The van der Waals surface area contributed by atoms with Gasteiger partial charge in [-0.15, -0.1) is 0 Å². The largest absolute Gasteiger partial charge is 0.393 e. The lowest BCUT2D eigenvalue weighted by atomic mass is 9.47. The summed E-state index contributed by atoms with van der Waals surface area (Å²) in [6, 6.07) is 9.84. The monoisotopic (exact) mass is 372 g/mol. The highest BCUT2D eigenvalue weighted by Crippen LogP contribution is 2.60. The number of amides is 1. The zero-order valence-electron chi connectivity index (χ0n) is 15.6. The summed E-state index contributed by atoms with van der Waals surface area (Å²) in [6.45, 7) is 0. The highest BCUT2D eigenvalue weighted by atomic mass is 16.5. The van der Waals surface area contributed by atoms with Crippen LogP contribution in [-0.2, 0) is 11.2 Å². The molecule has 5 nitrogen and oxygen atoms in total. The molecule has 0 aromatic heterocycles. The average Bonchev–Trinajstić information content (AvgIpc) is 2.68. The van der Waals surface area contributed by atoms with Gasteiger partial charge in [0.2, 0.25) is 5.91 Å². The summed E-state index contributed by atoms with van der Waals surface area (Å²) in [5, 5.41) is 31.5. The lowest BCUT2D eigenvalue weighted by molar-refractivity contribution is -0.209. The lowest BCUT2D eigenvalue weighted by Gasteiger charge is -2.61. The van der Waals surface area contributed by atoms with Crippen molar-refractivity contribution in [2.75, 3.05) is 0 Å². The van der Waals surface area contributed by atoms with E-state index < -0.39 is 23.5 Å². The van der Waals surface area contributed by atoms with Crippen molar-refractivity contribution in [2.24, 2.45) is 29.6 Å². The topological polar surface area (TPSA) is 89.8 Å². The van der Waals surface area contributed by atoms with Crippen molar-refractivity contribution >= 4 is 5.91 Å². The molecule has 4 N–H and O–H groups in total. The maximum Gasteiger partial charge on any atom is 0.249 e. The quantitative estimate of drug-likeness (QED) is 0.437. The fourth-order valence-electron chi connectivity index (χ4n) is 6.32. The van der Waals surface area contributed by atoms with Crippen LogP contribution in [0.5, 0.6) is 0 Å². The van der Waals surface area contributed by atoms with Crippen molar-refractivity contribution in [1.82, 2.24) is 5.48 Å². The molecule has 4 bridgehead atoms. The molecule has 27 heavy (non-hydrogen) atoms. The van der Waals surface area contributed by atoms with E-state index >= 15 is 0 Å². The smallest absolute Gasteiger partial charge is 0.249 e. The third-order valence-corrected chi connectivity index (χ3v) is 7.38. The number of carbonyl (C=O) groups is 1. The number of hydrogen-bond acceptors (Lipinski definition) is 4. The van der Waals surface area contributed by atoms with E-state index in [0.29, 0.717) is 18.3 Å². The molecule has 1 aromatic carbocycles. The molecule has 4 fully saturated rings. The second-order valence-electron chi connectivity index (χ2n) is 8.95. The molecule has 0 aliphatic heterocycles. The third kappa shape index (κ3) is 3.53. The summed E-state index contributed by atoms with van der Waals surface area (Å²) < 4.78 is 0. The summed E-state index contributed by atoms with van der Waals surface area (Å²) in [5.74, 6) is 0.159. The first-order valence-electron chi connectivity index (χ1n) is 10.2. The van der Waals surface area contributed by atoms with Gasteiger partial charge in [0.25, 0.3) is 0 Å². The van der Waals surface area contributed by atoms with Gasteiger partial charge in [0.05, 0.1) is 17.6 Å². The number of aliphatic hydroxyl groups is 2. The van der Waals surface area contributed by atoms with Crippen LogP contribution < -0.4 is 5.48 Å². The summed E-state index contributed by atoms with van der Waals surface area (Å²) in [5.41, 5.74) is 1.72. The predicted molar refractivity (Wildman–Crippen MR) is 100 cm³/mol. The van der Waals surface area contributed by atoms with E-state index in [-0.39, 0.29) is 18.3 Å². The lowest BCUT2D eigenvalue weighted by Crippen LogP contribution is -2.64. The van der Waals surface area contributed by atoms with E-state index in [4.69, 9.17) is 0 Å². The summed E-state index contributed by atoms with van der Waals surface area (Å²) in [4.78, 5) is 12.5. The molecule has 0 spiro atoms. The first-order chi connectivity index (χ1) is 13.0. The molecule has 147 valence electrons. The Balaban J connectivity index is 1.47. The molecule has 2 atom stereocenters. The molecule has 4 aliphatic carbocycles. The first kappa shape index (κ1) is 18.9. The van der Waals surface area contributed by atoms with Crippen LogP contribution >= 0.6 is 0 Å². The van der Waals surface area contributed by atoms with Crippen molar-refractivity contribution < 1.29 is 20.2 Å². The average molecular weight is 372 g/mol. The summed E-state index contributed by atoms with van der Waals surface area (Å²) in [7, 11) is 0. The molecule has 4 saturated carbocycles. The van der Waals surface area contributed by atoms with Crippen LogP contribution in [0.4, 0.5) is 0 Å². The number of rotatable bonds is 7. The third-order valence-electron chi connectivity index (χ3n) is 7.38. The number of hydroxylamine groups is 1.